The van der Waals surface area contributed by atoms with Crippen LogP contribution >= 0.6 is 0 Å². The third-order valence-electron chi connectivity index (χ3n) is 12.2. The predicted molar refractivity (Wildman–Crippen MR) is 254 cm³/mol. The Morgan fingerprint density at radius 2 is 0.714 bits per heavy atom. The van der Waals surface area contributed by atoms with Gasteiger partial charge in [-0.15, -0.1) is 0 Å². The van der Waals surface area contributed by atoms with Gasteiger partial charge in [-0.05, 0) is 70.3 Å². The van der Waals surface area contributed by atoms with Crippen LogP contribution in [0.5, 0.6) is 0 Å². The minimum absolute atomic E-state index is 0.543. The summed E-state index contributed by atoms with van der Waals surface area (Å²) in [5.74, 6) is 1.67. The van der Waals surface area contributed by atoms with E-state index in [-0.39, 0.29) is 0 Å². The molecule has 0 amide bonds. The molecule has 9 aromatic carbocycles. The summed E-state index contributed by atoms with van der Waals surface area (Å²) in [6, 6.07) is 68.5. The zero-order valence-corrected chi connectivity index (χ0v) is 33.6. The number of fused-ring (bicyclic) bond motifs is 9. The highest BCUT2D eigenvalue weighted by molar-refractivity contribution is 6.16. The molecule has 0 saturated heterocycles. The van der Waals surface area contributed by atoms with Crippen LogP contribution in [0.4, 0.5) is 0 Å². The van der Waals surface area contributed by atoms with Crippen molar-refractivity contribution >= 4 is 65.8 Å². The van der Waals surface area contributed by atoms with E-state index in [1.165, 1.54) is 0 Å². The van der Waals surface area contributed by atoms with Gasteiger partial charge in [-0.25, -0.2) is 15.0 Å². The van der Waals surface area contributed by atoms with E-state index in [9.17, 15) is 0 Å². The Bertz CT molecular complexity index is 3920. The first-order valence-electron chi connectivity index (χ1n) is 21.0. The fourth-order valence-electron chi connectivity index (χ4n) is 9.28. The van der Waals surface area contributed by atoms with Gasteiger partial charge in [0.15, 0.2) is 17.5 Å². The minimum atomic E-state index is 0.543. The van der Waals surface area contributed by atoms with Crippen molar-refractivity contribution in [3.63, 3.8) is 0 Å². The van der Waals surface area contributed by atoms with Crippen molar-refractivity contribution in [1.82, 2.24) is 15.0 Å². The van der Waals surface area contributed by atoms with Gasteiger partial charge in [-0.3, -0.25) is 0 Å². The Balaban J connectivity index is 0.942. The lowest BCUT2D eigenvalue weighted by atomic mass is 9.91. The van der Waals surface area contributed by atoms with Gasteiger partial charge >= 0.3 is 0 Å². The number of aromatic nitrogens is 3. The average molecular weight is 808 g/mol. The first-order valence-corrected chi connectivity index (χ1v) is 21.0. The molecule has 63 heavy (non-hydrogen) atoms. The third kappa shape index (κ3) is 5.69. The molecule has 0 spiro atoms. The molecule has 6 heteroatoms. The van der Waals surface area contributed by atoms with Crippen molar-refractivity contribution in [2.45, 2.75) is 0 Å². The summed E-state index contributed by atoms with van der Waals surface area (Å²) in [5.41, 5.74) is 14.0. The molecule has 0 fully saturated rings. The van der Waals surface area contributed by atoms with Crippen molar-refractivity contribution in [3.05, 3.63) is 200 Å². The zero-order valence-electron chi connectivity index (χ0n) is 33.6. The Morgan fingerprint density at radius 1 is 0.254 bits per heavy atom. The van der Waals surface area contributed by atoms with Gasteiger partial charge in [0.2, 0.25) is 0 Å². The monoisotopic (exact) mass is 807 g/mol. The minimum Gasteiger partial charge on any atom is -0.456 e. The lowest BCUT2D eigenvalue weighted by Gasteiger charge is -2.12. The smallest absolute Gasteiger partial charge is 0.164 e. The standard InChI is InChI=1S/C57H33N3O3/c1-3-14-34(15-4-1)38-21-12-26-48-52(38)45-30-28-36(32-50(45)61-48)56-58-55(35-16-5-2-6-17-35)59-57(60-56)37-29-31-46-51(33-37)62-49-27-13-22-42(53(46)49)39-18-7-8-19-40(39)43-23-11-24-44-41-20-9-10-25-47(41)63-54(43)44/h1-33H. The van der Waals surface area contributed by atoms with Crippen LogP contribution in [-0.4, -0.2) is 15.0 Å². The van der Waals surface area contributed by atoms with E-state index in [0.29, 0.717) is 17.5 Å². The highest BCUT2D eigenvalue weighted by Gasteiger charge is 2.21. The summed E-state index contributed by atoms with van der Waals surface area (Å²) in [5, 5.41) is 6.37. The SMILES string of the molecule is c1ccc(-c2nc(-c3ccc4c(c3)oc3cccc(-c5ccccc5)c34)nc(-c3ccc4c(c3)oc3cccc(-c5ccccc5-c5cccc6c5oc5ccccc56)c34)n2)cc1. The van der Waals surface area contributed by atoms with Crippen LogP contribution in [0.25, 0.3) is 133 Å². The van der Waals surface area contributed by atoms with Gasteiger partial charge in [-0.2, -0.15) is 0 Å². The number of benzene rings is 9. The van der Waals surface area contributed by atoms with Crippen LogP contribution in [0, 0.1) is 0 Å². The molecule has 294 valence electrons. The third-order valence-corrected chi connectivity index (χ3v) is 12.2. The summed E-state index contributed by atoms with van der Waals surface area (Å²) < 4.78 is 19.7. The van der Waals surface area contributed by atoms with Crippen molar-refractivity contribution in [2.24, 2.45) is 0 Å². The van der Waals surface area contributed by atoms with Crippen LogP contribution in [-0.2, 0) is 0 Å². The lowest BCUT2D eigenvalue weighted by molar-refractivity contribution is 0.669. The maximum atomic E-state index is 6.68. The molecule has 0 bridgehead atoms. The second-order valence-electron chi connectivity index (χ2n) is 15.8. The van der Waals surface area contributed by atoms with Crippen molar-refractivity contribution in [3.8, 4) is 67.5 Å². The largest absolute Gasteiger partial charge is 0.456 e. The fourth-order valence-corrected chi connectivity index (χ4v) is 9.28. The van der Waals surface area contributed by atoms with Gasteiger partial charge in [0.05, 0.1) is 0 Å². The summed E-state index contributed by atoms with van der Waals surface area (Å²) in [6.07, 6.45) is 0. The number of hydrogen-bond acceptors (Lipinski definition) is 6. The van der Waals surface area contributed by atoms with Gasteiger partial charge in [0.25, 0.3) is 0 Å². The van der Waals surface area contributed by atoms with Crippen molar-refractivity contribution < 1.29 is 13.3 Å². The summed E-state index contributed by atoms with van der Waals surface area (Å²) >= 11 is 0. The molecule has 13 rings (SSSR count). The summed E-state index contributed by atoms with van der Waals surface area (Å²) in [6.45, 7) is 0. The highest BCUT2D eigenvalue weighted by Crippen LogP contribution is 2.44. The van der Waals surface area contributed by atoms with E-state index >= 15 is 0 Å². The van der Waals surface area contributed by atoms with Crippen LogP contribution < -0.4 is 0 Å². The molecule has 0 atom stereocenters. The van der Waals surface area contributed by atoms with E-state index < -0.39 is 0 Å². The molecule has 0 unspecified atom stereocenters. The van der Waals surface area contributed by atoms with E-state index in [1.54, 1.807) is 0 Å². The molecule has 0 aliphatic heterocycles. The maximum Gasteiger partial charge on any atom is 0.164 e. The molecule has 4 heterocycles. The molecule has 13 aromatic rings. The molecule has 0 N–H and O–H groups in total. The van der Waals surface area contributed by atoms with Crippen LogP contribution in [0.2, 0.25) is 0 Å². The number of nitrogens with zero attached hydrogens (tertiary/aromatic N) is 3. The van der Waals surface area contributed by atoms with Crippen molar-refractivity contribution in [1.29, 1.82) is 0 Å². The van der Waals surface area contributed by atoms with Gasteiger partial charge in [-0.1, -0.05) is 158 Å². The van der Waals surface area contributed by atoms with E-state index in [4.69, 9.17) is 28.2 Å². The first-order chi connectivity index (χ1) is 31.2. The first kappa shape index (κ1) is 35.2. The Labute approximate surface area is 360 Å². The molecule has 4 aromatic heterocycles. The van der Waals surface area contributed by atoms with Gasteiger partial charge in [0.1, 0.15) is 33.5 Å². The summed E-state index contributed by atoms with van der Waals surface area (Å²) in [7, 11) is 0. The van der Waals surface area contributed by atoms with Gasteiger partial charge in [0, 0.05) is 54.6 Å². The topological polar surface area (TPSA) is 78.1 Å². The van der Waals surface area contributed by atoms with Crippen LogP contribution in [0.15, 0.2) is 213 Å². The highest BCUT2D eigenvalue weighted by atomic mass is 16.3. The Kier molecular flexibility index (Phi) is 7.80. The predicted octanol–water partition coefficient (Wildman–Crippen LogP) is 15.6. The number of furan rings is 3. The molecular formula is C57H33N3O3. The molecule has 0 aliphatic carbocycles. The normalized spacial score (nSPS) is 11.8. The zero-order chi connectivity index (χ0) is 41.4. The molecule has 0 saturated carbocycles. The fraction of sp³-hybridized carbons (Fsp3) is 0. The molecule has 6 nitrogen and oxygen atoms in total. The number of rotatable bonds is 6. The Morgan fingerprint density at radius 3 is 1.38 bits per heavy atom. The average Bonchev–Trinajstić information content (AvgIpc) is 4.05. The maximum absolute atomic E-state index is 6.68. The number of para-hydroxylation sites is 2. The molecular weight excluding hydrogens is 775 g/mol. The second kappa shape index (κ2) is 14.0. The lowest BCUT2D eigenvalue weighted by Crippen LogP contribution is -2.00. The van der Waals surface area contributed by atoms with Gasteiger partial charge < -0.3 is 13.3 Å². The van der Waals surface area contributed by atoms with Crippen LogP contribution in [0.1, 0.15) is 0 Å². The second-order valence-corrected chi connectivity index (χ2v) is 15.8. The quantitative estimate of drug-likeness (QED) is 0.166. The molecule has 0 aliphatic rings. The Hall–Kier alpha value is -8.61. The van der Waals surface area contributed by atoms with Crippen LogP contribution in [0.3, 0.4) is 0 Å². The van der Waals surface area contributed by atoms with E-state index in [2.05, 4.69) is 121 Å². The van der Waals surface area contributed by atoms with E-state index in [1.807, 2.05) is 78.9 Å². The van der Waals surface area contributed by atoms with E-state index in [0.717, 1.165) is 116 Å². The number of hydrogen-bond donors (Lipinski definition) is 0. The van der Waals surface area contributed by atoms with Crippen molar-refractivity contribution in [2.75, 3.05) is 0 Å². The summed E-state index contributed by atoms with van der Waals surface area (Å²) in [4.78, 5) is 15.2. The molecule has 0 radical (unpaired) electrons.